The third kappa shape index (κ3) is 3.16. The predicted octanol–water partition coefficient (Wildman–Crippen LogP) is 13.1. The summed E-state index contributed by atoms with van der Waals surface area (Å²) in [6.07, 6.45) is 0. The highest BCUT2D eigenvalue weighted by Gasteiger charge is 2.37. The SMILES string of the molecule is CC1(C)c2ccccc2-c2ccc(-c3ccc4c(c3)C(C)(C)c3cc(-c5ccc6c7c5ccc5ccc8cccc-6c8c57)ccc3-4)cc21. The molecule has 0 unspecified atom stereocenters. The fraction of sp³-hybridized carbons (Fsp3) is 0.125. The Morgan fingerprint density at radius 3 is 1.50 bits per heavy atom. The molecule has 0 spiro atoms. The fourth-order valence-corrected chi connectivity index (χ4v) is 9.71. The van der Waals surface area contributed by atoms with Gasteiger partial charge in [0.25, 0.3) is 0 Å². The molecule has 3 aliphatic rings. The lowest BCUT2D eigenvalue weighted by Gasteiger charge is -2.23. The molecule has 0 saturated carbocycles. The first-order valence-corrected chi connectivity index (χ1v) is 17.3. The first kappa shape index (κ1) is 26.6. The van der Waals surface area contributed by atoms with Crippen molar-refractivity contribution in [2.24, 2.45) is 0 Å². The molecule has 0 nitrogen and oxygen atoms in total. The Morgan fingerprint density at radius 2 is 0.792 bits per heavy atom. The van der Waals surface area contributed by atoms with Crippen molar-refractivity contribution in [2.75, 3.05) is 0 Å². The molecule has 0 saturated heterocycles. The smallest absolute Gasteiger partial charge is 0.0159 e. The quantitative estimate of drug-likeness (QED) is 0.171. The van der Waals surface area contributed by atoms with Gasteiger partial charge in [0.1, 0.15) is 0 Å². The molecule has 0 heterocycles. The van der Waals surface area contributed by atoms with Gasteiger partial charge in [0.15, 0.2) is 0 Å². The highest BCUT2D eigenvalue weighted by molar-refractivity contribution is 6.34. The van der Waals surface area contributed by atoms with E-state index in [2.05, 4.69) is 161 Å². The highest BCUT2D eigenvalue weighted by Crippen LogP contribution is 2.54. The minimum atomic E-state index is -0.109. The molecule has 226 valence electrons. The summed E-state index contributed by atoms with van der Waals surface area (Å²) in [7, 11) is 0. The monoisotopic (exact) mass is 610 g/mol. The van der Waals surface area contributed by atoms with Gasteiger partial charge in [-0.3, -0.25) is 0 Å². The summed E-state index contributed by atoms with van der Waals surface area (Å²) >= 11 is 0. The number of benzene rings is 8. The van der Waals surface area contributed by atoms with E-state index >= 15 is 0 Å². The van der Waals surface area contributed by atoms with Crippen LogP contribution < -0.4 is 0 Å². The molecular formula is C48H34. The zero-order chi connectivity index (χ0) is 32.1. The molecule has 0 aliphatic heterocycles. The maximum Gasteiger partial charge on any atom is 0.0159 e. The molecule has 0 fully saturated rings. The molecule has 0 amide bonds. The maximum absolute atomic E-state index is 2.48. The molecule has 0 bridgehead atoms. The van der Waals surface area contributed by atoms with Gasteiger partial charge < -0.3 is 0 Å². The van der Waals surface area contributed by atoms with E-state index in [4.69, 9.17) is 0 Å². The van der Waals surface area contributed by atoms with Gasteiger partial charge in [-0.1, -0.05) is 143 Å². The van der Waals surface area contributed by atoms with Crippen molar-refractivity contribution in [1.29, 1.82) is 0 Å². The molecule has 8 aromatic rings. The standard InChI is InChI=1S/C48H34/c1-47(2)40-11-6-5-9-33(40)34-18-15-29(24-41(34)47)30-16-19-35-36-20-17-31(26-43(36)48(3,4)42(35)25-30)32-22-23-39-37-10-7-8-27-12-13-28-14-21-38(32)46(39)45(28)44(27)37/h5-26H,1-4H3. The lowest BCUT2D eigenvalue weighted by atomic mass is 9.80. The Balaban J connectivity index is 1.03. The predicted molar refractivity (Wildman–Crippen MR) is 204 cm³/mol. The topological polar surface area (TPSA) is 0 Å². The average Bonchev–Trinajstić information content (AvgIpc) is 3.66. The Labute approximate surface area is 281 Å². The zero-order valence-corrected chi connectivity index (χ0v) is 27.7. The lowest BCUT2D eigenvalue weighted by Crippen LogP contribution is -2.15. The number of rotatable bonds is 2. The molecule has 8 aromatic carbocycles. The lowest BCUT2D eigenvalue weighted by molar-refractivity contribution is 0.659. The molecule has 0 heteroatoms. The van der Waals surface area contributed by atoms with Crippen LogP contribution in [0.3, 0.4) is 0 Å². The van der Waals surface area contributed by atoms with Crippen molar-refractivity contribution in [1.82, 2.24) is 0 Å². The molecule has 48 heavy (non-hydrogen) atoms. The normalized spacial score (nSPS) is 15.4. The molecule has 11 rings (SSSR count). The average molecular weight is 611 g/mol. The van der Waals surface area contributed by atoms with Crippen LogP contribution in [0, 0.1) is 0 Å². The first-order chi connectivity index (χ1) is 23.3. The largest absolute Gasteiger partial charge is 0.0619 e. The summed E-state index contributed by atoms with van der Waals surface area (Å²) in [5.74, 6) is 0. The summed E-state index contributed by atoms with van der Waals surface area (Å²) in [5.41, 5.74) is 19.0. The van der Waals surface area contributed by atoms with Crippen molar-refractivity contribution in [3.8, 4) is 55.6 Å². The highest BCUT2D eigenvalue weighted by atomic mass is 14.4. The van der Waals surface area contributed by atoms with Crippen molar-refractivity contribution in [3.63, 3.8) is 0 Å². The van der Waals surface area contributed by atoms with E-state index in [9.17, 15) is 0 Å². The van der Waals surface area contributed by atoms with Gasteiger partial charge >= 0.3 is 0 Å². The van der Waals surface area contributed by atoms with E-state index in [0.717, 1.165) is 0 Å². The third-order valence-electron chi connectivity index (χ3n) is 12.2. The van der Waals surface area contributed by atoms with Crippen molar-refractivity contribution in [3.05, 3.63) is 156 Å². The second kappa shape index (κ2) is 8.71. The minimum Gasteiger partial charge on any atom is -0.0619 e. The van der Waals surface area contributed by atoms with Crippen LogP contribution in [0.4, 0.5) is 0 Å². The first-order valence-electron chi connectivity index (χ1n) is 17.3. The summed E-state index contributed by atoms with van der Waals surface area (Å²) in [5, 5.41) is 8.24. The third-order valence-corrected chi connectivity index (χ3v) is 12.2. The minimum absolute atomic E-state index is 0.00643. The van der Waals surface area contributed by atoms with Gasteiger partial charge in [0, 0.05) is 10.8 Å². The summed E-state index contributed by atoms with van der Waals surface area (Å²) < 4.78 is 0. The van der Waals surface area contributed by atoms with Gasteiger partial charge in [-0.15, -0.1) is 0 Å². The van der Waals surface area contributed by atoms with Crippen molar-refractivity contribution < 1.29 is 0 Å². The van der Waals surface area contributed by atoms with Gasteiger partial charge in [-0.05, 0) is 128 Å². The van der Waals surface area contributed by atoms with E-state index in [1.807, 2.05) is 0 Å². The maximum atomic E-state index is 2.48. The van der Waals surface area contributed by atoms with E-state index in [1.54, 1.807) is 0 Å². The second-order valence-corrected chi connectivity index (χ2v) is 15.3. The van der Waals surface area contributed by atoms with Crippen LogP contribution in [-0.2, 0) is 10.8 Å². The second-order valence-electron chi connectivity index (χ2n) is 15.3. The zero-order valence-electron chi connectivity index (χ0n) is 27.7. The summed E-state index contributed by atoms with van der Waals surface area (Å²) in [4.78, 5) is 0. The van der Waals surface area contributed by atoms with Gasteiger partial charge in [0.05, 0.1) is 0 Å². The Kier molecular flexibility index (Phi) is 4.82. The Morgan fingerprint density at radius 1 is 0.312 bits per heavy atom. The van der Waals surface area contributed by atoms with E-state index < -0.39 is 0 Å². The number of hydrogen-bond acceptors (Lipinski definition) is 0. The molecule has 3 aliphatic carbocycles. The van der Waals surface area contributed by atoms with E-state index in [0.29, 0.717) is 0 Å². The van der Waals surface area contributed by atoms with Crippen LogP contribution in [-0.4, -0.2) is 0 Å². The molecule has 0 aromatic heterocycles. The number of hydrogen-bond donors (Lipinski definition) is 0. The van der Waals surface area contributed by atoms with Crippen molar-refractivity contribution >= 4 is 32.3 Å². The molecule has 0 atom stereocenters. The molecule has 0 radical (unpaired) electrons. The van der Waals surface area contributed by atoms with E-state index in [-0.39, 0.29) is 10.8 Å². The Bertz CT molecular complexity index is 2770. The summed E-state index contributed by atoms with van der Waals surface area (Å²) in [6.45, 7) is 9.54. The van der Waals surface area contributed by atoms with Crippen LogP contribution >= 0.6 is 0 Å². The molecular weight excluding hydrogens is 577 g/mol. The van der Waals surface area contributed by atoms with E-state index in [1.165, 1.54) is 110 Å². The van der Waals surface area contributed by atoms with Crippen LogP contribution in [0.1, 0.15) is 49.9 Å². The fourth-order valence-electron chi connectivity index (χ4n) is 9.71. The van der Waals surface area contributed by atoms with Crippen LogP contribution in [0.15, 0.2) is 133 Å². The van der Waals surface area contributed by atoms with Gasteiger partial charge in [-0.25, -0.2) is 0 Å². The van der Waals surface area contributed by atoms with Gasteiger partial charge in [-0.2, -0.15) is 0 Å². The van der Waals surface area contributed by atoms with Crippen molar-refractivity contribution in [2.45, 2.75) is 38.5 Å². The van der Waals surface area contributed by atoms with Gasteiger partial charge in [0.2, 0.25) is 0 Å². The van der Waals surface area contributed by atoms with Crippen LogP contribution in [0.25, 0.3) is 88.0 Å². The molecule has 0 N–H and O–H groups in total. The van der Waals surface area contributed by atoms with Crippen LogP contribution in [0.5, 0.6) is 0 Å². The summed E-state index contributed by atoms with van der Waals surface area (Å²) in [6, 6.07) is 51.1. The number of fused-ring (bicyclic) bond motifs is 7. The Hall–Kier alpha value is -5.46. The van der Waals surface area contributed by atoms with Crippen LogP contribution in [0.2, 0.25) is 0 Å².